The van der Waals surface area contributed by atoms with E-state index in [-0.39, 0.29) is 29.4 Å². The SMILES string of the molecule is Cc1ccccc1CN(C(=O)CSCc1ccccc1F)[C@@H](C)C(=O)NC1CCCCC1. The van der Waals surface area contributed by atoms with Crippen molar-refractivity contribution in [2.45, 2.75) is 70.3 Å². The van der Waals surface area contributed by atoms with Crippen LogP contribution in [0.5, 0.6) is 0 Å². The predicted molar refractivity (Wildman–Crippen MR) is 129 cm³/mol. The van der Waals surface area contributed by atoms with E-state index in [4.69, 9.17) is 0 Å². The van der Waals surface area contributed by atoms with E-state index in [2.05, 4.69) is 5.32 Å². The number of amides is 2. The lowest BCUT2D eigenvalue weighted by atomic mass is 9.95. The number of halogens is 1. The third kappa shape index (κ3) is 6.83. The second-order valence-corrected chi connectivity index (χ2v) is 9.54. The van der Waals surface area contributed by atoms with Crippen LogP contribution in [0.4, 0.5) is 4.39 Å². The molecule has 1 aliphatic rings. The summed E-state index contributed by atoms with van der Waals surface area (Å²) < 4.78 is 13.9. The first-order valence-electron chi connectivity index (χ1n) is 11.4. The molecular weight excluding hydrogens is 423 g/mol. The van der Waals surface area contributed by atoms with E-state index in [0.29, 0.717) is 17.9 Å². The average molecular weight is 457 g/mol. The van der Waals surface area contributed by atoms with Crippen molar-refractivity contribution in [3.05, 3.63) is 71.0 Å². The van der Waals surface area contributed by atoms with Crippen molar-refractivity contribution in [3.8, 4) is 0 Å². The number of nitrogens with one attached hydrogen (secondary N) is 1. The first kappa shape index (κ1) is 24.3. The fraction of sp³-hybridized carbons (Fsp3) is 0.462. The molecule has 3 rings (SSSR count). The lowest BCUT2D eigenvalue weighted by Gasteiger charge is -2.31. The van der Waals surface area contributed by atoms with Crippen molar-refractivity contribution in [2.75, 3.05) is 5.75 Å². The van der Waals surface area contributed by atoms with Crippen LogP contribution < -0.4 is 5.32 Å². The lowest BCUT2D eigenvalue weighted by molar-refractivity contribution is -0.139. The minimum absolute atomic E-state index is 0.0991. The van der Waals surface area contributed by atoms with Gasteiger partial charge in [-0.25, -0.2) is 4.39 Å². The van der Waals surface area contributed by atoms with Crippen LogP contribution >= 0.6 is 11.8 Å². The minimum Gasteiger partial charge on any atom is -0.352 e. The third-order valence-electron chi connectivity index (χ3n) is 6.16. The van der Waals surface area contributed by atoms with Crippen LogP contribution in [0.15, 0.2) is 48.5 Å². The zero-order valence-corrected chi connectivity index (χ0v) is 19.8. The largest absolute Gasteiger partial charge is 0.352 e. The molecule has 1 atom stereocenters. The molecule has 1 fully saturated rings. The molecule has 0 heterocycles. The first-order chi connectivity index (χ1) is 15.5. The number of aryl methyl sites for hydroxylation is 1. The van der Waals surface area contributed by atoms with Gasteiger partial charge in [0.05, 0.1) is 5.75 Å². The Labute approximate surface area is 195 Å². The molecular formula is C26H33FN2O2S. The molecule has 0 aromatic heterocycles. The molecule has 2 aromatic carbocycles. The fourth-order valence-corrected chi connectivity index (χ4v) is 4.97. The van der Waals surface area contributed by atoms with E-state index < -0.39 is 6.04 Å². The van der Waals surface area contributed by atoms with E-state index in [1.54, 1.807) is 30.0 Å². The molecule has 32 heavy (non-hydrogen) atoms. The second kappa shape index (κ2) is 12.0. The molecule has 1 aliphatic carbocycles. The standard InChI is InChI=1S/C26H33FN2O2S/c1-19-10-6-7-11-21(19)16-29(20(2)26(31)28-23-13-4-3-5-14-23)25(30)18-32-17-22-12-8-9-15-24(22)27/h6-12,15,20,23H,3-5,13-14,16-18H2,1-2H3,(H,28,31)/t20-/m0/s1. The van der Waals surface area contributed by atoms with Crippen molar-refractivity contribution < 1.29 is 14.0 Å². The number of nitrogens with zero attached hydrogens (tertiary/aromatic N) is 1. The highest BCUT2D eigenvalue weighted by molar-refractivity contribution is 7.99. The Morgan fingerprint density at radius 2 is 1.72 bits per heavy atom. The molecule has 0 bridgehead atoms. The second-order valence-electron chi connectivity index (χ2n) is 8.55. The van der Waals surface area contributed by atoms with Crippen LogP contribution in [-0.4, -0.2) is 34.6 Å². The zero-order chi connectivity index (χ0) is 22.9. The summed E-state index contributed by atoms with van der Waals surface area (Å²) in [5, 5.41) is 3.15. The Kier molecular flexibility index (Phi) is 9.15. The van der Waals surface area contributed by atoms with Crippen LogP contribution in [0.2, 0.25) is 0 Å². The van der Waals surface area contributed by atoms with Gasteiger partial charge < -0.3 is 10.2 Å². The summed E-state index contributed by atoms with van der Waals surface area (Å²) in [4.78, 5) is 27.9. The summed E-state index contributed by atoms with van der Waals surface area (Å²) in [6.07, 6.45) is 5.50. The van der Waals surface area contributed by atoms with Crippen molar-refractivity contribution in [2.24, 2.45) is 0 Å². The van der Waals surface area contributed by atoms with E-state index in [1.807, 2.05) is 31.2 Å². The quantitative estimate of drug-likeness (QED) is 0.562. The molecule has 1 N–H and O–H groups in total. The highest BCUT2D eigenvalue weighted by Gasteiger charge is 2.28. The summed E-state index contributed by atoms with van der Waals surface area (Å²) in [6.45, 7) is 4.19. The molecule has 1 saturated carbocycles. The number of hydrogen-bond donors (Lipinski definition) is 1. The van der Waals surface area contributed by atoms with Crippen molar-refractivity contribution in [1.29, 1.82) is 0 Å². The molecule has 172 valence electrons. The lowest BCUT2D eigenvalue weighted by Crippen LogP contribution is -2.50. The van der Waals surface area contributed by atoms with Crippen LogP contribution in [-0.2, 0) is 21.9 Å². The van der Waals surface area contributed by atoms with E-state index in [9.17, 15) is 14.0 Å². The van der Waals surface area contributed by atoms with Gasteiger partial charge in [0, 0.05) is 18.3 Å². The smallest absolute Gasteiger partial charge is 0.242 e. The molecule has 6 heteroatoms. The zero-order valence-electron chi connectivity index (χ0n) is 19.0. The fourth-order valence-electron chi connectivity index (χ4n) is 4.07. The highest BCUT2D eigenvalue weighted by atomic mass is 32.2. The maximum Gasteiger partial charge on any atom is 0.242 e. The van der Waals surface area contributed by atoms with Gasteiger partial charge in [-0.1, -0.05) is 61.7 Å². The number of carbonyl (C=O) groups is 2. The van der Waals surface area contributed by atoms with Crippen LogP contribution in [0.1, 0.15) is 55.7 Å². The van der Waals surface area contributed by atoms with E-state index in [1.165, 1.54) is 24.2 Å². The van der Waals surface area contributed by atoms with Gasteiger partial charge in [0.1, 0.15) is 11.9 Å². The summed E-state index contributed by atoms with van der Waals surface area (Å²) in [7, 11) is 0. The van der Waals surface area contributed by atoms with Crippen molar-refractivity contribution in [1.82, 2.24) is 10.2 Å². The molecule has 0 unspecified atom stereocenters. The van der Waals surface area contributed by atoms with Gasteiger partial charge in [0.2, 0.25) is 11.8 Å². The predicted octanol–water partition coefficient (Wildman–Crippen LogP) is 5.23. The maximum absolute atomic E-state index is 13.9. The van der Waals surface area contributed by atoms with Gasteiger partial charge in [0.25, 0.3) is 0 Å². The van der Waals surface area contributed by atoms with Crippen molar-refractivity contribution in [3.63, 3.8) is 0 Å². The number of hydrogen-bond acceptors (Lipinski definition) is 3. The summed E-state index contributed by atoms with van der Waals surface area (Å²) in [5.74, 6) is 0.142. The summed E-state index contributed by atoms with van der Waals surface area (Å²) in [6, 6.07) is 14.2. The molecule has 0 radical (unpaired) electrons. The van der Waals surface area contributed by atoms with Crippen molar-refractivity contribution >= 4 is 23.6 Å². The maximum atomic E-state index is 13.9. The topological polar surface area (TPSA) is 49.4 Å². The van der Waals surface area contributed by atoms with Gasteiger partial charge in [-0.15, -0.1) is 11.8 Å². The van der Waals surface area contributed by atoms with E-state index >= 15 is 0 Å². The Bertz CT molecular complexity index is 914. The molecule has 0 spiro atoms. The molecule has 0 saturated heterocycles. The highest BCUT2D eigenvalue weighted by Crippen LogP contribution is 2.20. The van der Waals surface area contributed by atoms with Gasteiger partial charge in [-0.2, -0.15) is 0 Å². The molecule has 2 amide bonds. The Morgan fingerprint density at radius 3 is 2.41 bits per heavy atom. The normalized spacial score (nSPS) is 15.2. The summed E-state index contributed by atoms with van der Waals surface area (Å²) >= 11 is 1.37. The molecule has 4 nitrogen and oxygen atoms in total. The van der Waals surface area contributed by atoms with Gasteiger partial charge in [-0.3, -0.25) is 9.59 Å². The molecule has 2 aromatic rings. The van der Waals surface area contributed by atoms with Crippen LogP contribution in [0.25, 0.3) is 0 Å². The third-order valence-corrected chi connectivity index (χ3v) is 7.13. The van der Waals surface area contributed by atoms with E-state index in [0.717, 1.165) is 36.8 Å². The number of carbonyl (C=O) groups excluding carboxylic acids is 2. The van der Waals surface area contributed by atoms with Gasteiger partial charge >= 0.3 is 0 Å². The Balaban J connectivity index is 1.67. The van der Waals surface area contributed by atoms with Crippen LogP contribution in [0, 0.1) is 12.7 Å². The monoisotopic (exact) mass is 456 g/mol. The first-order valence-corrected chi connectivity index (χ1v) is 12.6. The van der Waals surface area contributed by atoms with Crippen LogP contribution in [0.3, 0.4) is 0 Å². The number of rotatable bonds is 9. The minimum atomic E-state index is -0.571. The summed E-state index contributed by atoms with van der Waals surface area (Å²) in [5.41, 5.74) is 2.69. The number of thioether (sulfide) groups is 1. The van der Waals surface area contributed by atoms with Gasteiger partial charge in [-0.05, 0) is 49.4 Å². The average Bonchev–Trinajstić information content (AvgIpc) is 2.80. The number of benzene rings is 2. The van der Waals surface area contributed by atoms with Gasteiger partial charge in [0.15, 0.2) is 0 Å². The Hall–Kier alpha value is -2.34. The molecule has 0 aliphatic heterocycles. The Morgan fingerprint density at radius 1 is 1.06 bits per heavy atom.